The van der Waals surface area contributed by atoms with Crippen LogP contribution in [0.2, 0.25) is 0 Å². The SMILES string of the molecule is COc1ccccc1-c1cc(C(=O)Nc2cccc(C(F)(F)F)c2)no1. The molecule has 0 fully saturated rings. The number of nitrogens with zero attached hydrogens (tertiary/aromatic N) is 1. The van der Waals surface area contributed by atoms with Crippen LogP contribution in [-0.2, 0) is 6.18 Å². The third-order valence-corrected chi connectivity index (χ3v) is 3.56. The van der Waals surface area contributed by atoms with E-state index in [0.29, 0.717) is 17.1 Å². The zero-order valence-corrected chi connectivity index (χ0v) is 13.5. The van der Waals surface area contributed by atoms with Crippen molar-refractivity contribution in [1.82, 2.24) is 5.16 Å². The molecule has 5 nitrogen and oxygen atoms in total. The number of halogens is 3. The van der Waals surface area contributed by atoms with Crippen LogP contribution in [0.5, 0.6) is 5.75 Å². The minimum absolute atomic E-state index is 0.00617. The first-order valence-electron chi connectivity index (χ1n) is 7.47. The van der Waals surface area contributed by atoms with Gasteiger partial charge >= 0.3 is 6.18 Å². The number of benzene rings is 2. The number of amides is 1. The lowest BCUT2D eigenvalue weighted by Crippen LogP contribution is -2.13. The van der Waals surface area contributed by atoms with E-state index in [2.05, 4.69) is 10.5 Å². The lowest BCUT2D eigenvalue weighted by molar-refractivity contribution is -0.137. The van der Waals surface area contributed by atoms with Crippen LogP contribution in [0.4, 0.5) is 18.9 Å². The molecule has 1 aromatic heterocycles. The van der Waals surface area contributed by atoms with Crippen LogP contribution in [-0.4, -0.2) is 18.2 Å². The Bertz CT molecular complexity index is 935. The van der Waals surface area contributed by atoms with Gasteiger partial charge in [0, 0.05) is 11.8 Å². The standard InChI is InChI=1S/C18H13F3N2O3/c1-25-15-8-3-2-7-13(15)16-10-14(23-26-16)17(24)22-12-6-4-5-11(9-12)18(19,20)21/h2-10H,1H3,(H,22,24). The van der Waals surface area contributed by atoms with Crippen LogP contribution in [0.3, 0.4) is 0 Å². The summed E-state index contributed by atoms with van der Waals surface area (Å²) in [4.78, 5) is 12.2. The molecule has 0 bridgehead atoms. The van der Waals surface area contributed by atoms with Crippen molar-refractivity contribution in [1.29, 1.82) is 0 Å². The van der Waals surface area contributed by atoms with E-state index >= 15 is 0 Å². The maximum Gasteiger partial charge on any atom is 0.416 e. The summed E-state index contributed by atoms with van der Waals surface area (Å²) in [5.74, 6) is 0.152. The van der Waals surface area contributed by atoms with Crippen LogP contribution >= 0.6 is 0 Å². The second-order valence-electron chi connectivity index (χ2n) is 5.31. The molecular formula is C18H13F3N2O3. The third kappa shape index (κ3) is 3.69. The molecule has 134 valence electrons. The van der Waals surface area contributed by atoms with Gasteiger partial charge in [0.1, 0.15) is 5.75 Å². The maximum absolute atomic E-state index is 12.7. The highest BCUT2D eigenvalue weighted by Gasteiger charge is 2.30. The largest absolute Gasteiger partial charge is 0.496 e. The Hall–Kier alpha value is -3.29. The summed E-state index contributed by atoms with van der Waals surface area (Å²) in [6.07, 6.45) is -4.49. The number of carbonyl (C=O) groups is 1. The number of rotatable bonds is 4. The molecule has 0 aliphatic carbocycles. The van der Waals surface area contributed by atoms with Gasteiger partial charge in [0.15, 0.2) is 11.5 Å². The van der Waals surface area contributed by atoms with Crippen LogP contribution in [0, 0.1) is 0 Å². The van der Waals surface area contributed by atoms with E-state index in [1.807, 2.05) is 0 Å². The van der Waals surface area contributed by atoms with Crippen LogP contribution in [0.15, 0.2) is 59.1 Å². The highest BCUT2D eigenvalue weighted by molar-refractivity contribution is 6.03. The molecule has 0 unspecified atom stereocenters. The second-order valence-corrected chi connectivity index (χ2v) is 5.31. The van der Waals surface area contributed by atoms with Gasteiger partial charge in [-0.2, -0.15) is 13.2 Å². The van der Waals surface area contributed by atoms with Gasteiger partial charge in [0.2, 0.25) is 0 Å². The molecule has 0 aliphatic heterocycles. The summed E-state index contributed by atoms with van der Waals surface area (Å²) in [6, 6.07) is 12.7. The van der Waals surface area contributed by atoms with Gasteiger partial charge in [-0.3, -0.25) is 4.79 Å². The van der Waals surface area contributed by atoms with E-state index in [-0.39, 0.29) is 11.4 Å². The summed E-state index contributed by atoms with van der Waals surface area (Å²) >= 11 is 0. The van der Waals surface area contributed by atoms with Crippen molar-refractivity contribution in [2.75, 3.05) is 12.4 Å². The molecule has 0 aliphatic rings. The molecule has 3 rings (SSSR count). The molecule has 0 saturated carbocycles. The number of methoxy groups -OCH3 is 1. The molecule has 26 heavy (non-hydrogen) atoms. The van der Waals surface area contributed by atoms with Crippen molar-refractivity contribution in [2.45, 2.75) is 6.18 Å². The highest BCUT2D eigenvalue weighted by atomic mass is 19.4. The predicted molar refractivity (Wildman–Crippen MR) is 87.9 cm³/mol. The molecular weight excluding hydrogens is 349 g/mol. The van der Waals surface area contributed by atoms with Crippen molar-refractivity contribution >= 4 is 11.6 Å². The van der Waals surface area contributed by atoms with E-state index in [4.69, 9.17) is 9.26 Å². The van der Waals surface area contributed by atoms with E-state index in [1.165, 1.54) is 25.3 Å². The van der Waals surface area contributed by atoms with Crippen molar-refractivity contribution in [3.8, 4) is 17.1 Å². The Kier molecular flexibility index (Phi) is 4.66. The molecule has 3 aromatic rings. The summed E-state index contributed by atoms with van der Waals surface area (Å²) in [6.45, 7) is 0. The number of alkyl halides is 3. The van der Waals surface area contributed by atoms with Crippen LogP contribution < -0.4 is 10.1 Å². The summed E-state index contributed by atoms with van der Waals surface area (Å²) in [7, 11) is 1.50. The molecule has 1 amide bonds. The maximum atomic E-state index is 12.7. The molecule has 0 atom stereocenters. The first-order chi connectivity index (χ1) is 12.4. The summed E-state index contributed by atoms with van der Waals surface area (Å²) in [5.41, 5.74) is -0.319. The smallest absolute Gasteiger partial charge is 0.416 e. The lowest BCUT2D eigenvalue weighted by Gasteiger charge is -2.08. The van der Waals surface area contributed by atoms with Crippen LogP contribution in [0.25, 0.3) is 11.3 Å². The molecule has 1 N–H and O–H groups in total. The molecule has 2 aromatic carbocycles. The average molecular weight is 362 g/mol. The topological polar surface area (TPSA) is 64.4 Å². The van der Waals surface area contributed by atoms with Gasteiger partial charge < -0.3 is 14.6 Å². The van der Waals surface area contributed by atoms with Gasteiger partial charge in [-0.05, 0) is 30.3 Å². The number of anilines is 1. The Morgan fingerprint density at radius 1 is 1.12 bits per heavy atom. The number of hydrogen-bond acceptors (Lipinski definition) is 4. The second kappa shape index (κ2) is 6.91. The Labute approximate surface area is 146 Å². The highest BCUT2D eigenvalue weighted by Crippen LogP contribution is 2.32. The fraction of sp³-hybridized carbons (Fsp3) is 0.111. The fourth-order valence-corrected chi connectivity index (χ4v) is 2.33. The number of carbonyl (C=O) groups excluding carboxylic acids is 1. The molecule has 0 saturated heterocycles. The predicted octanol–water partition coefficient (Wildman–Crippen LogP) is 4.62. The number of nitrogens with one attached hydrogen (secondary N) is 1. The lowest BCUT2D eigenvalue weighted by atomic mass is 10.1. The van der Waals surface area contributed by atoms with Gasteiger partial charge in [-0.1, -0.05) is 23.4 Å². The monoisotopic (exact) mass is 362 g/mol. The molecule has 8 heteroatoms. The molecule has 0 spiro atoms. The van der Waals surface area contributed by atoms with Gasteiger partial charge in [0.25, 0.3) is 5.91 Å². The van der Waals surface area contributed by atoms with E-state index in [1.54, 1.807) is 24.3 Å². The van der Waals surface area contributed by atoms with Gasteiger partial charge in [-0.25, -0.2) is 0 Å². The van der Waals surface area contributed by atoms with Crippen LogP contribution in [0.1, 0.15) is 16.1 Å². The number of aromatic nitrogens is 1. The Morgan fingerprint density at radius 2 is 1.88 bits per heavy atom. The first-order valence-corrected chi connectivity index (χ1v) is 7.47. The normalized spacial score (nSPS) is 11.2. The van der Waals surface area contributed by atoms with Crippen molar-refractivity contribution in [3.63, 3.8) is 0 Å². The quantitative estimate of drug-likeness (QED) is 0.735. The fourth-order valence-electron chi connectivity index (χ4n) is 2.33. The van der Waals surface area contributed by atoms with Crippen molar-refractivity contribution in [2.24, 2.45) is 0 Å². The van der Waals surface area contributed by atoms with Crippen molar-refractivity contribution in [3.05, 3.63) is 65.9 Å². The van der Waals surface area contributed by atoms with Gasteiger partial charge in [0.05, 0.1) is 18.2 Å². The van der Waals surface area contributed by atoms with E-state index < -0.39 is 17.6 Å². The van der Waals surface area contributed by atoms with Crippen molar-refractivity contribution < 1.29 is 27.2 Å². The summed E-state index contributed by atoms with van der Waals surface area (Å²) < 4.78 is 48.6. The minimum Gasteiger partial charge on any atom is -0.496 e. The number of para-hydroxylation sites is 1. The number of hydrogen-bond donors (Lipinski definition) is 1. The minimum atomic E-state index is -4.49. The summed E-state index contributed by atoms with van der Waals surface area (Å²) in [5, 5.41) is 6.04. The average Bonchev–Trinajstić information content (AvgIpc) is 3.11. The van der Waals surface area contributed by atoms with Gasteiger partial charge in [-0.15, -0.1) is 0 Å². The van der Waals surface area contributed by atoms with E-state index in [0.717, 1.165) is 12.1 Å². The number of ether oxygens (including phenoxy) is 1. The molecule has 1 heterocycles. The third-order valence-electron chi connectivity index (χ3n) is 3.56. The van der Waals surface area contributed by atoms with E-state index in [9.17, 15) is 18.0 Å². The zero-order chi connectivity index (χ0) is 18.7. The first kappa shape index (κ1) is 17.5. The molecule has 0 radical (unpaired) electrons. The Balaban J connectivity index is 1.81. The Morgan fingerprint density at radius 3 is 2.62 bits per heavy atom. The zero-order valence-electron chi connectivity index (χ0n) is 13.5.